The summed E-state index contributed by atoms with van der Waals surface area (Å²) in [4.78, 5) is 20.0. The van der Waals surface area contributed by atoms with E-state index in [9.17, 15) is 20.2 Å². The third kappa shape index (κ3) is 6.14. The van der Waals surface area contributed by atoms with Crippen LogP contribution >= 0.6 is 34.8 Å². The standard InChI is InChI=1S/C11H11Cl3N4O5/c12-7(5-19)4-11(13,14)6-15-16-9-2-1-8(17(20)21)3-10(9)18(22)23/h1-3,6-7,16,19H,4-5H2. The molecule has 2 N–H and O–H groups in total. The third-order valence-electron chi connectivity index (χ3n) is 2.52. The van der Waals surface area contributed by atoms with Crippen molar-refractivity contribution >= 4 is 58.1 Å². The molecule has 23 heavy (non-hydrogen) atoms. The van der Waals surface area contributed by atoms with E-state index in [2.05, 4.69) is 10.5 Å². The molecule has 126 valence electrons. The zero-order valence-corrected chi connectivity index (χ0v) is 13.6. The van der Waals surface area contributed by atoms with Crippen molar-refractivity contribution in [3.8, 4) is 0 Å². The van der Waals surface area contributed by atoms with Gasteiger partial charge in [0.2, 0.25) is 0 Å². The summed E-state index contributed by atoms with van der Waals surface area (Å²) in [6.45, 7) is -0.335. The second-order valence-electron chi connectivity index (χ2n) is 4.33. The molecule has 0 spiro atoms. The molecule has 1 atom stereocenters. The highest BCUT2D eigenvalue weighted by molar-refractivity contribution is 6.56. The number of nitrogens with one attached hydrogen (secondary N) is 1. The summed E-state index contributed by atoms with van der Waals surface area (Å²) < 4.78 is -1.50. The van der Waals surface area contributed by atoms with Gasteiger partial charge in [-0.1, -0.05) is 23.2 Å². The van der Waals surface area contributed by atoms with Crippen molar-refractivity contribution in [3.05, 3.63) is 38.4 Å². The van der Waals surface area contributed by atoms with Crippen LogP contribution in [0.2, 0.25) is 0 Å². The van der Waals surface area contributed by atoms with E-state index >= 15 is 0 Å². The van der Waals surface area contributed by atoms with E-state index in [1.165, 1.54) is 0 Å². The number of non-ortho nitro benzene ring substituents is 1. The van der Waals surface area contributed by atoms with E-state index in [-0.39, 0.29) is 18.7 Å². The summed E-state index contributed by atoms with van der Waals surface area (Å²) >= 11 is 17.5. The molecule has 0 aliphatic rings. The van der Waals surface area contributed by atoms with Gasteiger partial charge < -0.3 is 5.11 Å². The van der Waals surface area contributed by atoms with E-state index in [0.717, 1.165) is 24.4 Å². The maximum Gasteiger partial charge on any atom is 0.301 e. The van der Waals surface area contributed by atoms with Gasteiger partial charge in [-0.15, -0.1) is 11.6 Å². The molecular weight excluding hydrogens is 375 g/mol. The monoisotopic (exact) mass is 384 g/mol. The van der Waals surface area contributed by atoms with E-state index in [1.54, 1.807) is 0 Å². The molecular formula is C11H11Cl3N4O5. The van der Waals surface area contributed by atoms with Crippen molar-refractivity contribution in [2.24, 2.45) is 5.10 Å². The van der Waals surface area contributed by atoms with Crippen LogP contribution in [0.25, 0.3) is 0 Å². The SMILES string of the molecule is O=[N+]([O-])c1ccc(NN=CC(Cl)(Cl)CC(Cl)CO)c([N+](=O)[O-])c1. The number of aliphatic hydroxyl groups excluding tert-OH is 1. The predicted molar refractivity (Wildman–Crippen MR) is 87.6 cm³/mol. The molecule has 0 aliphatic carbocycles. The quantitative estimate of drug-likeness (QED) is 0.306. The van der Waals surface area contributed by atoms with Gasteiger partial charge in [0.05, 0.1) is 34.1 Å². The highest BCUT2D eigenvalue weighted by Gasteiger charge is 2.26. The van der Waals surface area contributed by atoms with Crippen LogP contribution in [0.3, 0.4) is 0 Å². The first-order valence-electron chi connectivity index (χ1n) is 6.02. The van der Waals surface area contributed by atoms with Crippen LogP contribution in [0.4, 0.5) is 17.1 Å². The number of anilines is 1. The molecule has 0 saturated carbocycles. The van der Waals surface area contributed by atoms with Crippen molar-refractivity contribution in [1.29, 1.82) is 0 Å². The van der Waals surface area contributed by atoms with Crippen LogP contribution in [0.1, 0.15) is 6.42 Å². The lowest BCUT2D eigenvalue weighted by Gasteiger charge is -2.16. The number of alkyl halides is 3. The third-order valence-corrected chi connectivity index (χ3v) is 3.32. The lowest BCUT2D eigenvalue weighted by Crippen LogP contribution is -2.23. The number of hydrazone groups is 1. The molecule has 0 saturated heterocycles. The van der Waals surface area contributed by atoms with Gasteiger partial charge in [-0.05, 0) is 6.07 Å². The molecule has 1 unspecified atom stereocenters. The number of hydrogen-bond donors (Lipinski definition) is 2. The molecule has 0 aliphatic heterocycles. The smallest absolute Gasteiger partial charge is 0.301 e. The molecule has 12 heteroatoms. The lowest BCUT2D eigenvalue weighted by molar-refractivity contribution is -0.393. The average Bonchev–Trinajstić information content (AvgIpc) is 2.46. The van der Waals surface area contributed by atoms with Crippen LogP contribution in [-0.4, -0.2) is 37.5 Å². The van der Waals surface area contributed by atoms with Crippen LogP contribution in [0.15, 0.2) is 23.3 Å². The number of hydrogen-bond acceptors (Lipinski definition) is 7. The summed E-state index contributed by atoms with van der Waals surface area (Å²) in [6, 6.07) is 3.02. The Morgan fingerprint density at radius 3 is 2.52 bits per heavy atom. The number of benzene rings is 1. The van der Waals surface area contributed by atoms with Crippen LogP contribution in [0.5, 0.6) is 0 Å². The van der Waals surface area contributed by atoms with Crippen LogP contribution < -0.4 is 5.43 Å². The summed E-state index contributed by atoms with van der Waals surface area (Å²) in [5.41, 5.74) is 1.30. The molecule has 0 aromatic heterocycles. The van der Waals surface area contributed by atoms with Crippen molar-refractivity contribution in [2.45, 2.75) is 16.1 Å². The average molecular weight is 386 g/mol. The molecule has 9 nitrogen and oxygen atoms in total. The Hall–Kier alpha value is -1.68. The highest BCUT2D eigenvalue weighted by Crippen LogP contribution is 2.30. The fraction of sp³-hybridized carbons (Fsp3) is 0.364. The summed E-state index contributed by atoms with van der Waals surface area (Å²) in [5.74, 6) is 0. The fourth-order valence-corrected chi connectivity index (χ4v) is 2.36. The van der Waals surface area contributed by atoms with Gasteiger partial charge in [0, 0.05) is 12.5 Å². The van der Waals surface area contributed by atoms with E-state index < -0.39 is 30.9 Å². The van der Waals surface area contributed by atoms with E-state index in [4.69, 9.17) is 39.9 Å². The van der Waals surface area contributed by atoms with Gasteiger partial charge in [0.25, 0.3) is 5.69 Å². The summed E-state index contributed by atoms with van der Waals surface area (Å²) in [5, 5.41) is 33.4. The number of rotatable bonds is 8. The van der Waals surface area contributed by atoms with Crippen LogP contribution in [0, 0.1) is 20.2 Å². The summed E-state index contributed by atoms with van der Waals surface area (Å²) in [6.07, 6.45) is 1.04. The molecule has 0 fully saturated rings. The highest BCUT2D eigenvalue weighted by atomic mass is 35.5. The summed E-state index contributed by atoms with van der Waals surface area (Å²) in [7, 11) is 0. The zero-order valence-electron chi connectivity index (χ0n) is 11.4. The molecule has 1 aromatic carbocycles. The predicted octanol–water partition coefficient (Wildman–Crippen LogP) is 3.06. The van der Waals surface area contributed by atoms with Crippen molar-refractivity contribution in [3.63, 3.8) is 0 Å². The normalized spacial score (nSPS) is 13.0. The largest absolute Gasteiger partial charge is 0.395 e. The van der Waals surface area contributed by atoms with Gasteiger partial charge >= 0.3 is 5.69 Å². The fourth-order valence-electron chi connectivity index (χ4n) is 1.49. The van der Waals surface area contributed by atoms with Crippen LogP contribution in [-0.2, 0) is 0 Å². The van der Waals surface area contributed by atoms with Gasteiger partial charge in [-0.3, -0.25) is 25.7 Å². The number of nitro groups is 2. The second kappa shape index (κ2) is 8.25. The first-order valence-corrected chi connectivity index (χ1v) is 7.21. The Morgan fingerprint density at radius 1 is 1.35 bits per heavy atom. The lowest BCUT2D eigenvalue weighted by atomic mass is 10.2. The molecule has 1 rings (SSSR count). The van der Waals surface area contributed by atoms with E-state index in [1.807, 2.05) is 0 Å². The minimum atomic E-state index is -1.50. The second-order valence-corrected chi connectivity index (χ2v) is 6.49. The molecule has 0 bridgehead atoms. The van der Waals surface area contributed by atoms with Crippen molar-refractivity contribution in [1.82, 2.24) is 0 Å². The van der Waals surface area contributed by atoms with Gasteiger partial charge in [0.1, 0.15) is 5.69 Å². The molecule has 0 heterocycles. The first kappa shape index (κ1) is 19.4. The Labute approximate surface area is 145 Å². The maximum atomic E-state index is 10.9. The number of nitro benzene ring substituents is 2. The zero-order chi connectivity index (χ0) is 17.6. The Morgan fingerprint density at radius 2 is 2.00 bits per heavy atom. The number of halogens is 3. The van der Waals surface area contributed by atoms with Gasteiger partial charge in [0.15, 0.2) is 4.33 Å². The number of nitrogens with zero attached hydrogens (tertiary/aromatic N) is 3. The Balaban J connectivity index is 2.90. The number of aliphatic hydroxyl groups is 1. The molecule has 1 aromatic rings. The first-order chi connectivity index (χ1) is 10.7. The van der Waals surface area contributed by atoms with Crippen molar-refractivity contribution in [2.75, 3.05) is 12.0 Å². The Kier molecular flexibility index (Phi) is 6.95. The van der Waals surface area contributed by atoms with E-state index in [0.29, 0.717) is 0 Å². The topological polar surface area (TPSA) is 131 Å². The molecule has 0 radical (unpaired) electrons. The molecule has 0 amide bonds. The van der Waals surface area contributed by atoms with Gasteiger partial charge in [-0.25, -0.2) is 0 Å². The minimum Gasteiger partial charge on any atom is -0.395 e. The Bertz CT molecular complexity index is 626. The maximum absolute atomic E-state index is 10.9. The van der Waals surface area contributed by atoms with Crippen molar-refractivity contribution < 1.29 is 15.0 Å². The van der Waals surface area contributed by atoms with Gasteiger partial charge in [-0.2, -0.15) is 5.10 Å². The minimum absolute atomic E-state index is 0.0122.